The van der Waals surface area contributed by atoms with Gasteiger partial charge in [-0.25, -0.2) is 4.39 Å². The maximum atomic E-state index is 13.5. The number of nitrogens with two attached hydrogens (primary N) is 1. The van der Waals surface area contributed by atoms with E-state index in [0.717, 1.165) is 31.8 Å². The molecule has 110 valence electrons. The molecule has 3 N–H and O–H groups in total. The summed E-state index contributed by atoms with van der Waals surface area (Å²) in [5.41, 5.74) is 6.19. The fourth-order valence-electron chi connectivity index (χ4n) is 2.36. The molecule has 4 nitrogen and oxygen atoms in total. The Balaban J connectivity index is 1.93. The minimum atomic E-state index is -0.960. The molecule has 0 spiro atoms. The Hall–Kier alpha value is -1.62. The zero-order valence-corrected chi connectivity index (χ0v) is 11.8. The number of guanidine groups is 1. The third-order valence-electron chi connectivity index (χ3n) is 3.80. The third kappa shape index (κ3) is 3.70. The first kappa shape index (κ1) is 14.8. The Labute approximate surface area is 119 Å². The molecule has 1 unspecified atom stereocenters. The van der Waals surface area contributed by atoms with E-state index in [2.05, 4.69) is 11.9 Å². The lowest BCUT2D eigenvalue weighted by atomic mass is 10.00. The van der Waals surface area contributed by atoms with E-state index >= 15 is 0 Å². The molecule has 1 aliphatic rings. The Bertz CT molecular complexity index is 470. The number of aliphatic hydroxyl groups excluding tert-OH is 1. The first-order valence-electron chi connectivity index (χ1n) is 7.05. The van der Waals surface area contributed by atoms with Gasteiger partial charge in [0, 0.05) is 18.7 Å². The quantitative estimate of drug-likeness (QED) is 0.656. The van der Waals surface area contributed by atoms with Crippen molar-refractivity contribution in [3.8, 4) is 0 Å². The molecule has 1 aliphatic heterocycles. The minimum Gasteiger partial charge on any atom is -0.386 e. The molecule has 1 aromatic carbocycles. The maximum Gasteiger partial charge on any atom is 0.191 e. The van der Waals surface area contributed by atoms with E-state index in [9.17, 15) is 9.50 Å². The lowest BCUT2D eigenvalue weighted by Crippen LogP contribution is -2.42. The summed E-state index contributed by atoms with van der Waals surface area (Å²) in [6.07, 6.45) is 1.25. The number of likely N-dealkylation sites (tertiary alicyclic amines) is 1. The first-order valence-corrected chi connectivity index (χ1v) is 7.05. The number of halogens is 1. The van der Waals surface area contributed by atoms with Crippen LogP contribution in [0.4, 0.5) is 4.39 Å². The molecule has 1 fully saturated rings. The average molecular weight is 279 g/mol. The average Bonchev–Trinajstić information content (AvgIpc) is 2.45. The highest BCUT2D eigenvalue weighted by Gasteiger charge is 2.18. The van der Waals surface area contributed by atoms with E-state index in [1.54, 1.807) is 18.2 Å². The smallest absolute Gasteiger partial charge is 0.191 e. The number of nitrogens with zero attached hydrogens (tertiary/aromatic N) is 2. The van der Waals surface area contributed by atoms with Gasteiger partial charge >= 0.3 is 0 Å². The summed E-state index contributed by atoms with van der Waals surface area (Å²) in [6.45, 7) is 4.10. The number of aliphatic hydroxyl groups is 1. The van der Waals surface area contributed by atoms with Gasteiger partial charge in [-0.3, -0.25) is 4.99 Å². The number of aliphatic imine (C=N–C) groups is 1. The van der Waals surface area contributed by atoms with Gasteiger partial charge < -0.3 is 15.7 Å². The predicted molar refractivity (Wildman–Crippen MR) is 77.8 cm³/mol. The second kappa shape index (κ2) is 6.70. The van der Waals surface area contributed by atoms with Gasteiger partial charge in [0.25, 0.3) is 0 Å². The zero-order valence-electron chi connectivity index (χ0n) is 11.8. The van der Waals surface area contributed by atoms with Crippen LogP contribution in [0.15, 0.2) is 29.3 Å². The molecule has 1 saturated heterocycles. The zero-order chi connectivity index (χ0) is 14.5. The Kier molecular flexibility index (Phi) is 4.95. The van der Waals surface area contributed by atoms with E-state index in [0.29, 0.717) is 5.96 Å². The fraction of sp³-hybridized carbons (Fsp3) is 0.533. The van der Waals surface area contributed by atoms with Crippen molar-refractivity contribution in [1.82, 2.24) is 4.90 Å². The molecular formula is C15H22FN3O. The molecule has 0 aromatic heterocycles. The minimum absolute atomic E-state index is 0.0822. The Morgan fingerprint density at radius 1 is 1.45 bits per heavy atom. The molecule has 1 atom stereocenters. The van der Waals surface area contributed by atoms with Crippen LogP contribution in [0.3, 0.4) is 0 Å². The Morgan fingerprint density at radius 3 is 2.75 bits per heavy atom. The summed E-state index contributed by atoms with van der Waals surface area (Å²) in [6, 6.07) is 6.19. The standard InChI is InChI=1S/C15H22FN3O/c1-11-6-8-19(9-7-11)15(17)18-10-14(20)12-4-2-3-5-13(12)16/h2-5,11,14,20H,6-10H2,1H3,(H2,17,18). The van der Waals surface area contributed by atoms with Crippen LogP contribution in [0.2, 0.25) is 0 Å². The molecule has 0 saturated carbocycles. The van der Waals surface area contributed by atoms with Crippen molar-refractivity contribution in [2.45, 2.75) is 25.9 Å². The van der Waals surface area contributed by atoms with Crippen LogP contribution in [-0.4, -0.2) is 35.6 Å². The molecule has 20 heavy (non-hydrogen) atoms. The second-order valence-electron chi connectivity index (χ2n) is 5.41. The molecule has 2 rings (SSSR count). The number of rotatable bonds is 3. The van der Waals surface area contributed by atoms with Crippen molar-refractivity contribution in [2.24, 2.45) is 16.6 Å². The maximum absolute atomic E-state index is 13.5. The molecular weight excluding hydrogens is 257 g/mol. The van der Waals surface area contributed by atoms with Gasteiger partial charge in [-0.1, -0.05) is 25.1 Å². The van der Waals surface area contributed by atoms with Gasteiger partial charge in [0.05, 0.1) is 6.54 Å². The summed E-state index contributed by atoms with van der Waals surface area (Å²) in [5, 5.41) is 9.97. The summed E-state index contributed by atoms with van der Waals surface area (Å²) in [5.74, 6) is 0.746. The normalized spacial score (nSPS) is 19.1. The highest BCUT2D eigenvalue weighted by molar-refractivity contribution is 5.78. The van der Waals surface area contributed by atoms with Crippen molar-refractivity contribution < 1.29 is 9.50 Å². The third-order valence-corrected chi connectivity index (χ3v) is 3.80. The van der Waals surface area contributed by atoms with Gasteiger partial charge in [0.15, 0.2) is 5.96 Å². The van der Waals surface area contributed by atoms with E-state index in [1.807, 2.05) is 4.90 Å². The van der Waals surface area contributed by atoms with Gasteiger partial charge in [-0.2, -0.15) is 0 Å². The molecule has 1 aromatic rings. The molecule has 0 bridgehead atoms. The Morgan fingerprint density at radius 2 is 2.10 bits per heavy atom. The van der Waals surface area contributed by atoms with Crippen LogP contribution in [0, 0.1) is 11.7 Å². The van der Waals surface area contributed by atoms with Crippen molar-refractivity contribution >= 4 is 5.96 Å². The molecule has 5 heteroatoms. The van der Waals surface area contributed by atoms with Crippen LogP contribution in [-0.2, 0) is 0 Å². The topological polar surface area (TPSA) is 61.8 Å². The van der Waals surface area contributed by atoms with E-state index in [1.165, 1.54) is 6.07 Å². The summed E-state index contributed by atoms with van der Waals surface area (Å²) in [7, 11) is 0. The molecule has 1 heterocycles. The number of benzene rings is 1. The van der Waals surface area contributed by atoms with Crippen molar-refractivity contribution in [1.29, 1.82) is 0 Å². The van der Waals surface area contributed by atoms with E-state index in [-0.39, 0.29) is 12.1 Å². The second-order valence-corrected chi connectivity index (χ2v) is 5.41. The molecule has 0 amide bonds. The summed E-state index contributed by atoms with van der Waals surface area (Å²) in [4.78, 5) is 6.22. The van der Waals surface area contributed by atoms with Crippen LogP contribution >= 0.6 is 0 Å². The largest absolute Gasteiger partial charge is 0.386 e. The number of piperidine rings is 1. The lowest BCUT2D eigenvalue weighted by Gasteiger charge is -2.31. The molecule has 0 radical (unpaired) electrons. The molecule has 0 aliphatic carbocycles. The van der Waals surface area contributed by atoms with Gasteiger partial charge in [0.1, 0.15) is 11.9 Å². The summed E-state index contributed by atoms with van der Waals surface area (Å²) < 4.78 is 13.5. The van der Waals surface area contributed by atoms with Crippen molar-refractivity contribution in [3.63, 3.8) is 0 Å². The van der Waals surface area contributed by atoms with Crippen LogP contribution in [0.25, 0.3) is 0 Å². The monoisotopic (exact) mass is 279 g/mol. The first-order chi connectivity index (χ1) is 9.58. The van der Waals surface area contributed by atoms with E-state index < -0.39 is 11.9 Å². The predicted octanol–water partition coefficient (Wildman–Crippen LogP) is 1.91. The van der Waals surface area contributed by atoms with Gasteiger partial charge in [0.2, 0.25) is 0 Å². The van der Waals surface area contributed by atoms with Crippen LogP contribution in [0.1, 0.15) is 31.4 Å². The SMILES string of the molecule is CC1CCN(C(N)=NCC(O)c2ccccc2F)CC1. The highest BCUT2D eigenvalue weighted by Crippen LogP contribution is 2.18. The fourth-order valence-corrected chi connectivity index (χ4v) is 2.36. The van der Waals surface area contributed by atoms with E-state index in [4.69, 9.17) is 5.73 Å². The van der Waals surface area contributed by atoms with Crippen LogP contribution < -0.4 is 5.73 Å². The highest BCUT2D eigenvalue weighted by atomic mass is 19.1. The van der Waals surface area contributed by atoms with Gasteiger partial charge in [-0.15, -0.1) is 0 Å². The van der Waals surface area contributed by atoms with Crippen molar-refractivity contribution in [3.05, 3.63) is 35.6 Å². The lowest BCUT2D eigenvalue weighted by molar-refractivity contribution is 0.181. The van der Waals surface area contributed by atoms with Crippen molar-refractivity contribution in [2.75, 3.05) is 19.6 Å². The number of hydrogen-bond acceptors (Lipinski definition) is 2. The van der Waals surface area contributed by atoms with Crippen LogP contribution in [0.5, 0.6) is 0 Å². The number of hydrogen-bond donors (Lipinski definition) is 2. The summed E-state index contributed by atoms with van der Waals surface area (Å²) >= 11 is 0. The van der Waals surface area contributed by atoms with Gasteiger partial charge in [-0.05, 0) is 24.8 Å².